The Hall–Kier alpha value is -3.65. The summed E-state index contributed by atoms with van der Waals surface area (Å²) >= 11 is 1.47. The zero-order valence-corrected chi connectivity index (χ0v) is 21.8. The van der Waals surface area contributed by atoms with Crippen LogP contribution in [0.5, 0.6) is 0 Å². The molecule has 3 amide bonds. The van der Waals surface area contributed by atoms with Gasteiger partial charge in [-0.1, -0.05) is 55.7 Å². The Labute approximate surface area is 221 Å². The lowest BCUT2D eigenvalue weighted by molar-refractivity contribution is -0.136. The standard InChI is InChI=1S/C29H33N3O4S/c1-19-16-18-37-28(19)32-29(36)31-26(22-9-7-21(8-10-22)20-5-3-2-4-6-20)23-11-13-24(14-12-23)27(35)30-17-15-25(33)34/h7-14,16,18,20,26H,2-6,15,17H2,1H3,(H,30,35)(H,33,34)(H2,31,32,36). The SMILES string of the molecule is Cc1ccsc1NC(=O)NC(c1ccc(C(=O)NCCC(=O)O)cc1)c1ccc(C2CCCCC2)cc1. The first-order valence-corrected chi connectivity index (χ1v) is 13.6. The van der Waals surface area contributed by atoms with Crippen LogP contribution in [0.25, 0.3) is 0 Å². The van der Waals surface area contributed by atoms with Crippen molar-refractivity contribution in [3.8, 4) is 0 Å². The second-order valence-electron chi connectivity index (χ2n) is 9.49. The first-order chi connectivity index (χ1) is 17.9. The fourth-order valence-electron chi connectivity index (χ4n) is 4.74. The molecule has 0 bridgehead atoms. The van der Waals surface area contributed by atoms with E-state index in [-0.39, 0.29) is 24.9 Å². The van der Waals surface area contributed by atoms with E-state index in [1.165, 1.54) is 49.0 Å². The molecule has 37 heavy (non-hydrogen) atoms. The van der Waals surface area contributed by atoms with Crippen LogP contribution < -0.4 is 16.0 Å². The molecular weight excluding hydrogens is 486 g/mol. The highest BCUT2D eigenvalue weighted by molar-refractivity contribution is 7.14. The number of amides is 3. The summed E-state index contributed by atoms with van der Waals surface area (Å²) in [5.74, 6) is -0.701. The molecule has 1 aliphatic carbocycles. The van der Waals surface area contributed by atoms with Crippen LogP contribution in [0.1, 0.15) is 83.1 Å². The van der Waals surface area contributed by atoms with Gasteiger partial charge in [-0.05, 0) is 71.5 Å². The summed E-state index contributed by atoms with van der Waals surface area (Å²) in [4.78, 5) is 36.0. The van der Waals surface area contributed by atoms with E-state index >= 15 is 0 Å². The molecule has 1 fully saturated rings. The number of hydrogen-bond donors (Lipinski definition) is 4. The van der Waals surface area contributed by atoms with Gasteiger partial charge < -0.3 is 15.7 Å². The van der Waals surface area contributed by atoms with Gasteiger partial charge in [0.25, 0.3) is 5.91 Å². The lowest BCUT2D eigenvalue weighted by Gasteiger charge is -2.24. The Balaban J connectivity index is 1.53. The number of rotatable bonds is 9. The molecule has 2 aromatic carbocycles. The molecule has 1 aliphatic rings. The Morgan fingerprint density at radius 3 is 2.19 bits per heavy atom. The fraction of sp³-hybridized carbons (Fsp3) is 0.345. The molecule has 1 aromatic heterocycles. The largest absolute Gasteiger partial charge is 0.481 e. The number of anilines is 1. The van der Waals surface area contributed by atoms with Crippen molar-refractivity contribution >= 4 is 34.2 Å². The smallest absolute Gasteiger partial charge is 0.320 e. The number of urea groups is 1. The van der Waals surface area contributed by atoms with Crippen molar-refractivity contribution in [2.24, 2.45) is 0 Å². The van der Waals surface area contributed by atoms with Crippen molar-refractivity contribution in [2.45, 2.75) is 57.4 Å². The number of carboxylic acid groups (broad SMARTS) is 1. The van der Waals surface area contributed by atoms with Gasteiger partial charge in [-0.2, -0.15) is 0 Å². The fourth-order valence-corrected chi connectivity index (χ4v) is 5.55. The van der Waals surface area contributed by atoms with Crippen LogP contribution in [0, 0.1) is 6.92 Å². The van der Waals surface area contributed by atoms with E-state index in [2.05, 4.69) is 40.2 Å². The summed E-state index contributed by atoms with van der Waals surface area (Å²) in [5, 5.41) is 20.2. The maximum atomic E-state index is 13.0. The topological polar surface area (TPSA) is 108 Å². The molecule has 0 radical (unpaired) electrons. The maximum absolute atomic E-state index is 13.0. The van der Waals surface area contributed by atoms with Crippen LogP contribution in [0.3, 0.4) is 0 Å². The lowest BCUT2D eigenvalue weighted by Crippen LogP contribution is -2.33. The average Bonchev–Trinajstić information content (AvgIpc) is 3.31. The molecule has 8 heteroatoms. The number of thiophene rings is 1. The van der Waals surface area contributed by atoms with Crippen LogP contribution >= 0.6 is 11.3 Å². The average molecular weight is 520 g/mol. The van der Waals surface area contributed by atoms with Crippen molar-refractivity contribution in [3.63, 3.8) is 0 Å². The number of carbonyl (C=O) groups is 3. The van der Waals surface area contributed by atoms with E-state index in [1.54, 1.807) is 12.1 Å². The van der Waals surface area contributed by atoms with E-state index in [0.717, 1.165) is 21.7 Å². The summed E-state index contributed by atoms with van der Waals surface area (Å²) in [6, 6.07) is 16.8. The monoisotopic (exact) mass is 519 g/mol. The first-order valence-electron chi connectivity index (χ1n) is 12.7. The minimum absolute atomic E-state index is 0.0652. The summed E-state index contributed by atoms with van der Waals surface area (Å²) in [6.07, 6.45) is 6.17. The highest BCUT2D eigenvalue weighted by atomic mass is 32.1. The van der Waals surface area contributed by atoms with Gasteiger partial charge in [0, 0.05) is 12.1 Å². The van der Waals surface area contributed by atoms with Crippen LogP contribution in [-0.4, -0.2) is 29.6 Å². The van der Waals surface area contributed by atoms with Gasteiger partial charge in [-0.15, -0.1) is 11.3 Å². The molecule has 1 unspecified atom stereocenters. The Morgan fingerprint density at radius 2 is 1.59 bits per heavy atom. The van der Waals surface area contributed by atoms with Crippen LogP contribution in [0.4, 0.5) is 9.80 Å². The van der Waals surface area contributed by atoms with Gasteiger partial charge in [0.1, 0.15) is 0 Å². The third-order valence-corrected chi connectivity index (χ3v) is 7.77. The summed E-state index contributed by atoms with van der Waals surface area (Å²) < 4.78 is 0. The highest BCUT2D eigenvalue weighted by Crippen LogP contribution is 2.33. The molecule has 0 saturated heterocycles. The molecule has 3 aromatic rings. The quantitative estimate of drug-likeness (QED) is 0.269. The van der Waals surface area contributed by atoms with Crippen molar-refractivity contribution in [1.82, 2.24) is 10.6 Å². The minimum atomic E-state index is -0.963. The van der Waals surface area contributed by atoms with Gasteiger partial charge in [0.2, 0.25) is 0 Å². The van der Waals surface area contributed by atoms with Gasteiger partial charge in [-0.25, -0.2) is 4.79 Å². The number of benzene rings is 2. The van der Waals surface area contributed by atoms with E-state index in [9.17, 15) is 14.4 Å². The number of carboxylic acids is 1. The number of nitrogens with one attached hydrogen (secondary N) is 3. The molecule has 1 saturated carbocycles. The molecule has 0 aliphatic heterocycles. The first kappa shape index (κ1) is 26.4. The Kier molecular flexibility index (Phi) is 8.95. The van der Waals surface area contributed by atoms with Gasteiger partial charge in [0.15, 0.2) is 0 Å². The molecule has 1 heterocycles. The van der Waals surface area contributed by atoms with Crippen LogP contribution in [0.2, 0.25) is 0 Å². The molecule has 1 atom stereocenters. The summed E-state index contributed by atoms with van der Waals surface area (Å²) in [6.45, 7) is 2.02. The summed E-state index contributed by atoms with van der Waals surface area (Å²) in [7, 11) is 0. The van der Waals surface area contributed by atoms with Gasteiger partial charge in [0.05, 0.1) is 17.5 Å². The van der Waals surface area contributed by atoms with E-state index in [1.807, 2.05) is 30.5 Å². The number of aliphatic carboxylic acids is 1. The molecule has 7 nitrogen and oxygen atoms in total. The molecular formula is C29H33N3O4S. The third-order valence-electron chi connectivity index (χ3n) is 6.84. The van der Waals surface area contributed by atoms with Crippen molar-refractivity contribution in [1.29, 1.82) is 0 Å². The molecule has 4 N–H and O–H groups in total. The molecule has 4 rings (SSSR count). The third kappa shape index (κ3) is 7.20. The highest BCUT2D eigenvalue weighted by Gasteiger charge is 2.20. The van der Waals surface area contributed by atoms with Gasteiger partial charge in [-0.3, -0.25) is 14.9 Å². The van der Waals surface area contributed by atoms with Crippen LogP contribution in [0.15, 0.2) is 60.0 Å². The van der Waals surface area contributed by atoms with E-state index in [4.69, 9.17) is 5.11 Å². The van der Waals surface area contributed by atoms with Crippen molar-refractivity contribution in [2.75, 3.05) is 11.9 Å². The Bertz CT molecular complexity index is 1210. The second kappa shape index (κ2) is 12.5. The lowest BCUT2D eigenvalue weighted by atomic mass is 9.83. The van der Waals surface area contributed by atoms with Crippen molar-refractivity contribution < 1.29 is 19.5 Å². The number of hydrogen-bond acceptors (Lipinski definition) is 4. The van der Waals surface area contributed by atoms with Crippen LogP contribution in [-0.2, 0) is 4.79 Å². The maximum Gasteiger partial charge on any atom is 0.320 e. The van der Waals surface area contributed by atoms with E-state index in [0.29, 0.717) is 11.5 Å². The number of aryl methyl sites for hydroxylation is 1. The second-order valence-corrected chi connectivity index (χ2v) is 10.4. The predicted molar refractivity (Wildman–Crippen MR) is 146 cm³/mol. The summed E-state index contributed by atoms with van der Waals surface area (Å²) in [5.41, 5.74) is 4.57. The van der Waals surface area contributed by atoms with Crippen molar-refractivity contribution in [3.05, 3.63) is 87.8 Å². The molecule has 194 valence electrons. The molecule has 0 spiro atoms. The normalized spacial score (nSPS) is 14.5. The zero-order valence-electron chi connectivity index (χ0n) is 21.0. The van der Waals surface area contributed by atoms with Gasteiger partial charge >= 0.3 is 12.0 Å². The predicted octanol–water partition coefficient (Wildman–Crippen LogP) is 6.22. The zero-order chi connectivity index (χ0) is 26.2. The minimum Gasteiger partial charge on any atom is -0.481 e. The van der Waals surface area contributed by atoms with E-state index < -0.39 is 12.0 Å². The Morgan fingerprint density at radius 1 is 0.946 bits per heavy atom. The number of carbonyl (C=O) groups excluding carboxylic acids is 2.